The van der Waals surface area contributed by atoms with E-state index in [0.29, 0.717) is 12.4 Å². The summed E-state index contributed by atoms with van der Waals surface area (Å²) in [6, 6.07) is 13.8. The van der Waals surface area contributed by atoms with Gasteiger partial charge in [-0.3, -0.25) is 0 Å². The molecule has 0 fully saturated rings. The van der Waals surface area contributed by atoms with Crippen LogP contribution < -0.4 is 16.4 Å². The van der Waals surface area contributed by atoms with E-state index in [2.05, 4.69) is 38.8 Å². The van der Waals surface area contributed by atoms with Crippen LogP contribution in [0.25, 0.3) is 31.4 Å². The quantitative estimate of drug-likeness (QED) is 0.469. The first kappa shape index (κ1) is 19.1. The lowest BCUT2D eigenvalue weighted by atomic mass is 10.0. The SMILES string of the molecule is CN(C)CCNC(=O)Nc1cccc(-c2ccc3c(c2)sc2c(N)ncnc23)c1. The number of carbonyl (C=O) groups is 1. The Labute approximate surface area is 172 Å². The average Bonchev–Trinajstić information content (AvgIpc) is 3.07. The van der Waals surface area contributed by atoms with Crippen LogP contribution in [0.5, 0.6) is 0 Å². The Kier molecular flexibility index (Phi) is 5.28. The Morgan fingerprint density at radius 3 is 2.79 bits per heavy atom. The number of nitrogen functional groups attached to an aromatic ring is 1. The summed E-state index contributed by atoms with van der Waals surface area (Å²) in [7, 11) is 3.94. The molecule has 0 atom stereocenters. The van der Waals surface area contributed by atoms with Crippen molar-refractivity contribution in [2.75, 3.05) is 38.2 Å². The van der Waals surface area contributed by atoms with E-state index in [4.69, 9.17) is 5.73 Å². The maximum atomic E-state index is 12.1. The van der Waals surface area contributed by atoms with Crippen LogP contribution in [0, 0.1) is 0 Å². The topological polar surface area (TPSA) is 96.2 Å². The molecule has 2 heterocycles. The highest BCUT2D eigenvalue weighted by Crippen LogP contribution is 2.37. The molecule has 4 N–H and O–H groups in total. The molecule has 0 bridgehead atoms. The molecule has 0 radical (unpaired) electrons. The summed E-state index contributed by atoms with van der Waals surface area (Å²) >= 11 is 1.59. The van der Waals surface area contributed by atoms with Crippen molar-refractivity contribution in [1.82, 2.24) is 20.2 Å². The fourth-order valence-corrected chi connectivity index (χ4v) is 4.21. The van der Waals surface area contributed by atoms with Gasteiger partial charge in [-0.25, -0.2) is 14.8 Å². The molecule has 0 spiro atoms. The van der Waals surface area contributed by atoms with Crippen LogP contribution in [-0.4, -0.2) is 48.1 Å². The minimum atomic E-state index is -0.210. The number of fused-ring (bicyclic) bond motifs is 3. The molecular formula is C21H22N6OS. The molecule has 8 heteroatoms. The van der Waals surface area contributed by atoms with Gasteiger partial charge < -0.3 is 21.3 Å². The van der Waals surface area contributed by atoms with Crippen LogP contribution in [0.3, 0.4) is 0 Å². The molecule has 0 saturated heterocycles. The smallest absolute Gasteiger partial charge is 0.319 e. The number of aromatic nitrogens is 2. The number of nitrogens with two attached hydrogens (primary N) is 1. The van der Waals surface area contributed by atoms with E-state index < -0.39 is 0 Å². The summed E-state index contributed by atoms with van der Waals surface area (Å²) < 4.78 is 2.01. The minimum absolute atomic E-state index is 0.210. The number of thiophene rings is 1. The van der Waals surface area contributed by atoms with Crippen LogP contribution in [-0.2, 0) is 0 Å². The average molecular weight is 407 g/mol. The molecule has 0 aliphatic heterocycles. The number of likely N-dealkylation sites (N-methyl/N-ethyl adjacent to an activating group) is 1. The van der Waals surface area contributed by atoms with Crippen molar-refractivity contribution >= 4 is 49.2 Å². The van der Waals surface area contributed by atoms with E-state index in [9.17, 15) is 4.79 Å². The molecule has 4 rings (SSSR count). The molecule has 7 nitrogen and oxygen atoms in total. The standard InChI is InChI=1S/C21H22N6OS/c1-27(2)9-8-23-21(28)26-15-5-3-4-13(10-15)14-6-7-16-17(11-14)29-19-18(16)24-12-25-20(19)22/h3-7,10-12H,8-9H2,1-2H3,(H2,22,24,25)(H2,23,26,28). The van der Waals surface area contributed by atoms with Gasteiger partial charge >= 0.3 is 6.03 Å². The van der Waals surface area contributed by atoms with Crippen LogP contribution in [0.15, 0.2) is 48.8 Å². The number of nitrogens with one attached hydrogen (secondary N) is 2. The Balaban J connectivity index is 1.57. The molecule has 2 aromatic heterocycles. The third kappa shape index (κ3) is 4.13. The van der Waals surface area contributed by atoms with Crippen molar-refractivity contribution < 1.29 is 4.79 Å². The second kappa shape index (κ2) is 8.02. The summed E-state index contributed by atoms with van der Waals surface area (Å²) in [6.45, 7) is 1.38. The van der Waals surface area contributed by atoms with Crippen molar-refractivity contribution in [1.29, 1.82) is 0 Å². The first-order valence-corrected chi connectivity index (χ1v) is 10.1. The second-order valence-electron chi connectivity index (χ2n) is 7.01. The number of anilines is 2. The highest BCUT2D eigenvalue weighted by Gasteiger charge is 2.11. The Morgan fingerprint density at radius 2 is 1.97 bits per heavy atom. The number of amides is 2. The largest absolute Gasteiger partial charge is 0.382 e. The number of rotatable bonds is 5. The predicted octanol–water partition coefficient (Wildman–Crippen LogP) is 3.78. The molecule has 4 aromatic rings. The normalized spacial score (nSPS) is 11.3. The van der Waals surface area contributed by atoms with E-state index >= 15 is 0 Å². The summed E-state index contributed by atoms with van der Waals surface area (Å²) in [5.41, 5.74) is 9.71. The summed E-state index contributed by atoms with van der Waals surface area (Å²) in [6.07, 6.45) is 1.50. The number of urea groups is 1. The fraction of sp³-hybridized carbons (Fsp3) is 0.190. The highest BCUT2D eigenvalue weighted by molar-refractivity contribution is 7.26. The number of benzene rings is 2. The summed E-state index contributed by atoms with van der Waals surface area (Å²) in [5, 5.41) is 6.81. The zero-order chi connectivity index (χ0) is 20.4. The Bertz CT molecular complexity index is 1190. The van der Waals surface area contributed by atoms with E-state index in [1.807, 2.05) is 43.3 Å². The van der Waals surface area contributed by atoms with Crippen molar-refractivity contribution in [2.24, 2.45) is 0 Å². The number of hydrogen-bond donors (Lipinski definition) is 3. The maximum absolute atomic E-state index is 12.1. The molecule has 0 aliphatic rings. The number of hydrogen-bond acceptors (Lipinski definition) is 6. The lowest BCUT2D eigenvalue weighted by Gasteiger charge is -2.12. The zero-order valence-corrected chi connectivity index (χ0v) is 17.1. The summed E-state index contributed by atoms with van der Waals surface area (Å²) in [5.74, 6) is 0.504. The number of carbonyl (C=O) groups excluding carboxylic acids is 1. The Hall–Kier alpha value is -3.23. The van der Waals surface area contributed by atoms with Crippen LogP contribution in [0.4, 0.5) is 16.3 Å². The van der Waals surface area contributed by atoms with Gasteiger partial charge in [0.2, 0.25) is 0 Å². The van der Waals surface area contributed by atoms with Gasteiger partial charge in [0.05, 0.1) is 10.2 Å². The van der Waals surface area contributed by atoms with Crippen molar-refractivity contribution in [3.05, 3.63) is 48.8 Å². The third-order valence-electron chi connectivity index (χ3n) is 4.58. The monoisotopic (exact) mass is 406 g/mol. The van der Waals surface area contributed by atoms with E-state index in [1.54, 1.807) is 11.3 Å². The lowest BCUT2D eigenvalue weighted by Crippen LogP contribution is -2.34. The molecule has 0 aliphatic carbocycles. The molecule has 0 unspecified atom stereocenters. The van der Waals surface area contributed by atoms with Gasteiger partial charge in [-0.15, -0.1) is 11.3 Å². The van der Waals surface area contributed by atoms with Gasteiger partial charge in [0.15, 0.2) is 0 Å². The van der Waals surface area contributed by atoms with Gasteiger partial charge in [-0.1, -0.05) is 24.3 Å². The predicted molar refractivity (Wildman–Crippen MR) is 120 cm³/mol. The Morgan fingerprint density at radius 1 is 1.14 bits per heavy atom. The number of nitrogens with zero attached hydrogens (tertiary/aromatic N) is 3. The van der Waals surface area contributed by atoms with Gasteiger partial charge in [-0.2, -0.15) is 0 Å². The van der Waals surface area contributed by atoms with E-state index in [-0.39, 0.29) is 6.03 Å². The molecule has 0 saturated carbocycles. The first-order chi connectivity index (χ1) is 14.0. The van der Waals surface area contributed by atoms with Gasteiger partial charge in [0.1, 0.15) is 12.1 Å². The maximum Gasteiger partial charge on any atom is 0.319 e. The van der Waals surface area contributed by atoms with Gasteiger partial charge in [0, 0.05) is 28.9 Å². The minimum Gasteiger partial charge on any atom is -0.382 e. The van der Waals surface area contributed by atoms with Gasteiger partial charge in [-0.05, 0) is 43.4 Å². The van der Waals surface area contributed by atoms with Crippen LogP contribution >= 0.6 is 11.3 Å². The van der Waals surface area contributed by atoms with Crippen molar-refractivity contribution in [2.45, 2.75) is 0 Å². The van der Waals surface area contributed by atoms with E-state index in [0.717, 1.165) is 43.7 Å². The van der Waals surface area contributed by atoms with Crippen LogP contribution in [0.2, 0.25) is 0 Å². The molecule has 148 valence electrons. The highest BCUT2D eigenvalue weighted by atomic mass is 32.1. The zero-order valence-electron chi connectivity index (χ0n) is 16.3. The van der Waals surface area contributed by atoms with Crippen molar-refractivity contribution in [3.8, 4) is 11.1 Å². The first-order valence-electron chi connectivity index (χ1n) is 9.24. The summed E-state index contributed by atoms with van der Waals surface area (Å²) in [4.78, 5) is 22.6. The fourth-order valence-electron chi connectivity index (χ4n) is 3.12. The van der Waals surface area contributed by atoms with Crippen LogP contribution in [0.1, 0.15) is 0 Å². The molecule has 2 aromatic carbocycles. The molecule has 29 heavy (non-hydrogen) atoms. The van der Waals surface area contributed by atoms with E-state index in [1.165, 1.54) is 6.33 Å². The second-order valence-corrected chi connectivity index (χ2v) is 8.07. The van der Waals surface area contributed by atoms with Crippen molar-refractivity contribution in [3.63, 3.8) is 0 Å². The molecular weight excluding hydrogens is 384 g/mol. The molecule has 2 amide bonds. The lowest BCUT2D eigenvalue weighted by molar-refractivity contribution is 0.250. The third-order valence-corrected chi connectivity index (χ3v) is 5.74. The van der Waals surface area contributed by atoms with Gasteiger partial charge in [0.25, 0.3) is 0 Å².